The number of carboxylic acid groups (broad SMARTS) is 1. The number of nitro benzene ring substituents is 1. The van der Waals surface area contributed by atoms with Gasteiger partial charge in [-0.15, -0.1) is 0 Å². The first-order chi connectivity index (χ1) is 8.52. The fraction of sp³-hybridized carbons (Fsp3) is 0.417. The van der Waals surface area contributed by atoms with Crippen molar-refractivity contribution in [1.82, 2.24) is 4.90 Å². The summed E-state index contributed by atoms with van der Waals surface area (Å²) in [6, 6.07) is 6.40. The molecule has 6 heteroatoms. The minimum absolute atomic E-state index is 0.0572. The van der Waals surface area contributed by atoms with Crippen molar-refractivity contribution >= 4 is 11.7 Å². The molecule has 0 bridgehead atoms. The molecule has 0 saturated carbocycles. The number of aliphatic carboxylic acids is 1. The quantitative estimate of drug-likeness (QED) is 0.591. The van der Waals surface area contributed by atoms with Gasteiger partial charge in [-0.1, -0.05) is 19.1 Å². The second kappa shape index (κ2) is 6.70. The second-order valence-corrected chi connectivity index (χ2v) is 3.94. The molecule has 0 aliphatic rings. The van der Waals surface area contributed by atoms with Crippen LogP contribution in [0.15, 0.2) is 24.3 Å². The van der Waals surface area contributed by atoms with E-state index in [2.05, 4.69) is 0 Å². The van der Waals surface area contributed by atoms with Crippen LogP contribution >= 0.6 is 0 Å². The van der Waals surface area contributed by atoms with E-state index in [4.69, 9.17) is 5.11 Å². The molecule has 0 heterocycles. The number of rotatable bonds is 7. The van der Waals surface area contributed by atoms with Gasteiger partial charge in [0.25, 0.3) is 5.69 Å². The summed E-state index contributed by atoms with van der Waals surface area (Å²) in [5, 5.41) is 19.3. The molecule has 0 radical (unpaired) electrons. The van der Waals surface area contributed by atoms with E-state index in [0.717, 1.165) is 5.56 Å². The van der Waals surface area contributed by atoms with Crippen LogP contribution in [0.4, 0.5) is 5.69 Å². The molecule has 0 aliphatic heterocycles. The number of hydrogen-bond acceptors (Lipinski definition) is 4. The average molecular weight is 252 g/mol. The lowest BCUT2D eigenvalue weighted by Crippen LogP contribution is -2.25. The van der Waals surface area contributed by atoms with Crippen molar-refractivity contribution in [2.24, 2.45) is 0 Å². The summed E-state index contributed by atoms with van der Waals surface area (Å²) >= 11 is 0. The van der Waals surface area contributed by atoms with Gasteiger partial charge in [0.2, 0.25) is 0 Å². The Morgan fingerprint density at radius 1 is 1.50 bits per heavy atom. The predicted octanol–water partition coefficient (Wildman–Crippen LogP) is 1.89. The van der Waals surface area contributed by atoms with Crippen molar-refractivity contribution in [3.8, 4) is 0 Å². The van der Waals surface area contributed by atoms with Gasteiger partial charge in [-0.2, -0.15) is 0 Å². The summed E-state index contributed by atoms with van der Waals surface area (Å²) < 4.78 is 0. The van der Waals surface area contributed by atoms with Crippen LogP contribution in [0.2, 0.25) is 0 Å². The molecule has 1 aromatic carbocycles. The molecule has 18 heavy (non-hydrogen) atoms. The first-order valence-electron chi connectivity index (χ1n) is 5.70. The Morgan fingerprint density at radius 3 is 2.78 bits per heavy atom. The standard InChI is InChI=1S/C12H16N2O4/c1-2-13(7-6-12(15)16)9-10-4-3-5-11(8-10)14(17)18/h3-5,8H,2,6-7,9H2,1H3,(H,15,16). The molecule has 6 nitrogen and oxygen atoms in total. The van der Waals surface area contributed by atoms with E-state index >= 15 is 0 Å². The SMILES string of the molecule is CCN(CCC(=O)O)Cc1cccc([N+](=O)[O-])c1. The fourth-order valence-corrected chi connectivity index (χ4v) is 1.63. The number of carboxylic acids is 1. The van der Waals surface area contributed by atoms with Gasteiger partial charge in [0.1, 0.15) is 0 Å². The number of carbonyl (C=O) groups is 1. The lowest BCUT2D eigenvalue weighted by Gasteiger charge is -2.19. The normalized spacial score (nSPS) is 10.6. The van der Waals surface area contributed by atoms with E-state index in [0.29, 0.717) is 19.6 Å². The Kier molecular flexibility index (Phi) is 5.26. The van der Waals surface area contributed by atoms with Gasteiger partial charge in [-0.3, -0.25) is 19.8 Å². The van der Waals surface area contributed by atoms with Gasteiger partial charge < -0.3 is 5.11 Å². The maximum absolute atomic E-state index is 10.6. The zero-order valence-electron chi connectivity index (χ0n) is 10.2. The Labute approximate surface area is 105 Å². The number of nitro groups is 1. The molecule has 98 valence electrons. The topological polar surface area (TPSA) is 83.7 Å². The average Bonchev–Trinajstić information content (AvgIpc) is 2.34. The van der Waals surface area contributed by atoms with Gasteiger partial charge in [0, 0.05) is 25.2 Å². The number of hydrogen-bond donors (Lipinski definition) is 1. The summed E-state index contributed by atoms with van der Waals surface area (Å²) in [5.41, 5.74) is 0.873. The molecule has 0 atom stereocenters. The van der Waals surface area contributed by atoms with E-state index in [-0.39, 0.29) is 12.1 Å². The maximum atomic E-state index is 10.6. The number of nitrogens with zero attached hydrogens (tertiary/aromatic N) is 2. The maximum Gasteiger partial charge on any atom is 0.304 e. The van der Waals surface area contributed by atoms with Crippen molar-refractivity contribution < 1.29 is 14.8 Å². The Morgan fingerprint density at radius 2 is 2.22 bits per heavy atom. The van der Waals surface area contributed by atoms with Crippen LogP contribution in [0.3, 0.4) is 0 Å². The fourth-order valence-electron chi connectivity index (χ4n) is 1.63. The van der Waals surface area contributed by atoms with Crippen molar-refractivity contribution in [2.45, 2.75) is 19.9 Å². The van der Waals surface area contributed by atoms with Crippen LogP contribution in [-0.2, 0) is 11.3 Å². The number of non-ortho nitro benzene ring substituents is 1. The highest BCUT2D eigenvalue weighted by Crippen LogP contribution is 2.14. The molecule has 1 rings (SSSR count). The second-order valence-electron chi connectivity index (χ2n) is 3.94. The summed E-state index contributed by atoms with van der Waals surface area (Å²) in [6.07, 6.45) is 0.0722. The van der Waals surface area contributed by atoms with Crippen LogP contribution in [-0.4, -0.2) is 34.0 Å². The molecule has 1 N–H and O–H groups in total. The third-order valence-corrected chi connectivity index (χ3v) is 2.62. The van der Waals surface area contributed by atoms with Gasteiger partial charge >= 0.3 is 5.97 Å². The van der Waals surface area contributed by atoms with Crippen LogP contribution < -0.4 is 0 Å². The molecule has 0 spiro atoms. The van der Waals surface area contributed by atoms with Gasteiger partial charge in [-0.05, 0) is 12.1 Å². The third-order valence-electron chi connectivity index (χ3n) is 2.62. The Balaban J connectivity index is 2.66. The van der Waals surface area contributed by atoms with Crippen LogP contribution in [0.25, 0.3) is 0 Å². The predicted molar refractivity (Wildman–Crippen MR) is 66.3 cm³/mol. The monoisotopic (exact) mass is 252 g/mol. The zero-order chi connectivity index (χ0) is 13.5. The summed E-state index contributed by atoms with van der Waals surface area (Å²) in [4.78, 5) is 22.6. The highest BCUT2D eigenvalue weighted by atomic mass is 16.6. The summed E-state index contributed by atoms with van der Waals surface area (Å²) in [5.74, 6) is -0.840. The largest absolute Gasteiger partial charge is 0.481 e. The van der Waals surface area contributed by atoms with E-state index in [1.807, 2.05) is 11.8 Å². The van der Waals surface area contributed by atoms with Gasteiger partial charge in [-0.25, -0.2) is 0 Å². The highest BCUT2D eigenvalue weighted by Gasteiger charge is 2.09. The van der Waals surface area contributed by atoms with Crippen LogP contribution in [0, 0.1) is 10.1 Å². The molecule has 0 fully saturated rings. The summed E-state index contributed by atoms with van der Waals surface area (Å²) in [6.45, 7) is 3.59. The van der Waals surface area contributed by atoms with E-state index in [1.54, 1.807) is 12.1 Å². The molecular weight excluding hydrogens is 236 g/mol. The molecule has 0 amide bonds. The van der Waals surface area contributed by atoms with Crippen LogP contribution in [0.5, 0.6) is 0 Å². The lowest BCUT2D eigenvalue weighted by atomic mass is 10.2. The minimum Gasteiger partial charge on any atom is -0.481 e. The first-order valence-corrected chi connectivity index (χ1v) is 5.70. The highest BCUT2D eigenvalue weighted by molar-refractivity contribution is 5.66. The van der Waals surface area contributed by atoms with E-state index < -0.39 is 10.9 Å². The molecule has 0 aromatic heterocycles. The molecule has 1 aromatic rings. The third kappa shape index (κ3) is 4.50. The van der Waals surface area contributed by atoms with Crippen LogP contribution in [0.1, 0.15) is 18.9 Å². The van der Waals surface area contributed by atoms with Crippen molar-refractivity contribution in [3.63, 3.8) is 0 Å². The van der Waals surface area contributed by atoms with E-state index in [1.165, 1.54) is 12.1 Å². The molecule has 0 aliphatic carbocycles. The number of benzene rings is 1. The zero-order valence-corrected chi connectivity index (χ0v) is 10.2. The molecular formula is C12H16N2O4. The smallest absolute Gasteiger partial charge is 0.304 e. The van der Waals surface area contributed by atoms with Crippen molar-refractivity contribution in [3.05, 3.63) is 39.9 Å². The Bertz CT molecular complexity index is 434. The molecule has 0 unspecified atom stereocenters. The first kappa shape index (κ1) is 14.1. The molecule has 0 saturated heterocycles. The minimum atomic E-state index is -0.840. The van der Waals surface area contributed by atoms with Gasteiger partial charge in [0.15, 0.2) is 0 Å². The summed E-state index contributed by atoms with van der Waals surface area (Å²) in [7, 11) is 0. The lowest BCUT2D eigenvalue weighted by molar-refractivity contribution is -0.384. The van der Waals surface area contributed by atoms with Crippen molar-refractivity contribution in [1.29, 1.82) is 0 Å². The Hall–Kier alpha value is -1.95. The van der Waals surface area contributed by atoms with Crippen molar-refractivity contribution in [2.75, 3.05) is 13.1 Å². The van der Waals surface area contributed by atoms with E-state index in [9.17, 15) is 14.9 Å². The van der Waals surface area contributed by atoms with Gasteiger partial charge in [0.05, 0.1) is 11.3 Å².